The van der Waals surface area contributed by atoms with Crippen molar-refractivity contribution in [3.8, 4) is 0 Å². The van der Waals surface area contributed by atoms with Crippen molar-refractivity contribution in [3.05, 3.63) is 0 Å². The quantitative estimate of drug-likeness (QED) is 0.583. The normalized spacial score (nSPS) is 17.1. The Morgan fingerprint density at radius 1 is 0.938 bits per heavy atom. The molecular weight excluding hydrogens is 208 g/mol. The van der Waals surface area contributed by atoms with Crippen LogP contribution >= 0.6 is 0 Å². The summed E-state index contributed by atoms with van der Waals surface area (Å²) in [7, 11) is 0. The van der Waals surface area contributed by atoms with E-state index in [1.807, 2.05) is 13.8 Å². The molecule has 4 nitrogen and oxygen atoms in total. The number of hydrogen-bond acceptors (Lipinski definition) is 4. The van der Waals surface area contributed by atoms with Crippen molar-refractivity contribution in [3.63, 3.8) is 0 Å². The molecule has 0 spiro atoms. The van der Waals surface area contributed by atoms with Gasteiger partial charge in [0.2, 0.25) is 0 Å². The molecule has 0 heterocycles. The summed E-state index contributed by atoms with van der Waals surface area (Å²) in [5.74, 6) is 0. The van der Waals surface area contributed by atoms with Gasteiger partial charge in [-0.3, -0.25) is 0 Å². The lowest BCUT2D eigenvalue weighted by atomic mass is 10.4. The Balaban J connectivity index is 3.39. The molecule has 0 aromatic rings. The average Bonchev–Trinajstić information content (AvgIpc) is 2.24. The minimum Gasteiger partial charge on any atom is -0.391 e. The first-order valence-electron chi connectivity index (χ1n) is 6.05. The number of ether oxygens (including phenoxy) is 3. The Kier molecular flexibility index (Phi) is 9.92. The number of aliphatic hydroxyl groups excluding tert-OH is 1. The minimum absolute atomic E-state index is 0.00299. The van der Waals surface area contributed by atoms with Crippen LogP contribution in [-0.2, 0) is 14.2 Å². The second-order valence-electron chi connectivity index (χ2n) is 4.21. The van der Waals surface area contributed by atoms with E-state index < -0.39 is 6.10 Å². The monoisotopic (exact) mass is 234 g/mol. The molecule has 0 saturated heterocycles. The van der Waals surface area contributed by atoms with Gasteiger partial charge in [-0.2, -0.15) is 0 Å². The lowest BCUT2D eigenvalue weighted by Crippen LogP contribution is -2.25. The van der Waals surface area contributed by atoms with E-state index in [0.717, 1.165) is 13.0 Å². The zero-order valence-electron chi connectivity index (χ0n) is 10.9. The van der Waals surface area contributed by atoms with Crippen molar-refractivity contribution in [2.24, 2.45) is 0 Å². The molecule has 0 aliphatic rings. The average molecular weight is 234 g/mol. The lowest BCUT2D eigenvalue weighted by Gasteiger charge is -2.18. The Bertz CT molecular complexity index is 150. The van der Waals surface area contributed by atoms with Gasteiger partial charge in [0.05, 0.1) is 38.1 Å². The fourth-order valence-corrected chi connectivity index (χ4v) is 1.09. The van der Waals surface area contributed by atoms with Crippen LogP contribution in [0, 0.1) is 0 Å². The molecule has 0 amide bonds. The summed E-state index contributed by atoms with van der Waals surface area (Å²) in [4.78, 5) is 0. The second kappa shape index (κ2) is 10.0. The van der Waals surface area contributed by atoms with Gasteiger partial charge in [0.1, 0.15) is 0 Å². The van der Waals surface area contributed by atoms with Gasteiger partial charge in [0.15, 0.2) is 0 Å². The van der Waals surface area contributed by atoms with E-state index in [1.165, 1.54) is 0 Å². The third-order valence-corrected chi connectivity index (χ3v) is 1.94. The van der Waals surface area contributed by atoms with Crippen molar-refractivity contribution in [2.75, 3.05) is 26.4 Å². The molecule has 4 heteroatoms. The van der Waals surface area contributed by atoms with Gasteiger partial charge in [-0.05, 0) is 27.2 Å². The standard InChI is InChI=1S/C12H26O4/c1-5-6-14-8-11(3)16-9-12(4)15-7-10(2)13/h10-13H,5-9H2,1-4H3/t10-,11+,12-/m1/s1. The maximum Gasteiger partial charge on any atom is 0.0781 e. The maximum atomic E-state index is 9.04. The third-order valence-electron chi connectivity index (χ3n) is 1.94. The molecule has 0 aromatic heterocycles. The highest BCUT2D eigenvalue weighted by Gasteiger charge is 2.08. The molecule has 0 radical (unpaired) electrons. The molecule has 0 fully saturated rings. The van der Waals surface area contributed by atoms with Gasteiger partial charge in [-0.25, -0.2) is 0 Å². The predicted molar refractivity (Wildman–Crippen MR) is 63.6 cm³/mol. The lowest BCUT2D eigenvalue weighted by molar-refractivity contribution is -0.0699. The summed E-state index contributed by atoms with van der Waals surface area (Å²) in [5, 5.41) is 9.04. The number of aliphatic hydroxyl groups is 1. The van der Waals surface area contributed by atoms with Crippen molar-refractivity contribution in [1.29, 1.82) is 0 Å². The summed E-state index contributed by atoms with van der Waals surface area (Å²) in [5.41, 5.74) is 0. The van der Waals surface area contributed by atoms with Gasteiger partial charge in [0.25, 0.3) is 0 Å². The van der Waals surface area contributed by atoms with E-state index in [1.54, 1.807) is 6.92 Å². The van der Waals surface area contributed by atoms with Crippen LogP contribution in [0.4, 0.5) is 0 Å². The van der Waals surface area contributed by atoms with E-state index in [9.17, 15) is 0 Å². The Morgan fingerprint density at radius 2 is 1.50 bits per heavy atom. The van der Waals surface area contributed by atoms with Crippen LogP contribution in [0.5, 0.6) is 0 Å². The van der Waals surface area contributed by atoms with Crippen LogP contribution in [0.1, 0.15) is 34.1 Å². The Morgan fingerprint density at radius 3 is 2.06 bits per heavy atom. The summed E-state index contributed by atoms with van der Waals surface area (Å²) in [6, 6.07) is 0. The van der Waals surface area contributed by atoms with Crippen LogP contribution in [0.15, 0.2) is 0 Å². The van der Waals surface area contributed by atoms with Crippen molar-refractivity contribution in [2.45, 2.75) is 52.4 Å². The summed E-state index contributed by atoms with van der Waals surface area (Å²) in [6.45, 7) is 9.98. The van der Waals surface area contributed by atoms with E-state index in [2.05, 4.69) is 6.92 Å². The molecule has 3 atom stereocenters. The van der Waals surface area contributed by atoms with E-state index in [4.69, 9.17) is 19.3 Å². The second-order valence-corrected chi connectivity index (χ2v) is 4.21. The highest BCUT2D eigenvalue weighted by Crippen LogP contribution is 1.99. The molecule has 0 rings (SSSR count). The molecule has 0 aliphatic heterocycles. The largest absolute Gasteiger partial charge is 0.391 e. The SMILES string of the molecule is CCCOC[C@H](C)OC[C@@H](C)OC[C@@H](C)O. The fraction of sp³-hybridized carbons (Fsp3) is 1.00. The first-order valence-corrected chi connectivity index (χ1v) is 6.05. The van der Waals surface area contributed by atoms with E-state index >= 15 is 0 Å². The van der Waals surface area contributed by atoms with Crippen LogP contribution < -0.4 is 0 Å². The zero-order valence-corrected chi connectivity index (χ0v) is 10.9. The highest BCUT2D eigenvalue weighted by atomic mass is 16.6. The van der Waals surface area contributed by atoms with Crippen molar-refractivity contribution < 1.29 is 19.3 Å². The number of hydrogen-bond donors (Lipinski definition) is 1. The first-order chi connectivity index (χ1) is 7.56. The van der Waals surface area contributed by atoms with Gasteiger partial charge >= 0.3 is 0 Å². The van der Waals surface area contributed by atoms with Gasteiger partial charge < -0.3 is 19.3 Å². The first kappa shape index (κ1) is 15.8. The smallest absolute Gasteiger partial charge is 0.0781 e. The van der Waals surface area contributed by atoms with Gasteiger partial charge in [-0.1, -0.05) is 6.92 Å². The van der Waals surface area contributed by atoms with Crippen LogP contribution in [0.25, 0.3) is 0 Å². The molecule has 0 bridgehead atoms. The van der Waals surface area contributed by atoms with Crippen LogP contribution in [0.2, 0.25) is 0 Å². The molecule has 0 aliphatic carbocycles. The van der Waals surface area contributed by atoms with Gasteiger partial charge in [0, 0.05) is 6.61 Å². The van der Waals surface area contributed by atoms with Crippen molar-refractivity contribution in [1.82, 2.24) is 0 Å². The highest BCUT2D eigenvalue weighted by molar-refractivity contribution is 4.53. The Hall–Kier alpha value is -0.160. The molecule has 0 unspecified atom stereocenters. The third kappa shape index (κ3) is 10.4. The molecule has 1 N–H and O–H groups in total. The maximum absolute atomic E-state index is 9.04. The number of rotatable bonds is 10. The summed E-state index contributed by atoms with van der Waals surface area (Å²) < 4.78 is 16.3. The minimum atomic E-state index is -0.423. The fourth-order valence-electron chi connectivity index (χ4n) is 1.09. The van der Waals surface area contributed by atoms with Crippen LogP contribution in [-0.4, -0.2) is 49.8 Å². The van der Waals surface area contributed by atoms with Crippen molar-refractivity contribution >= 4 is 0 Å². The zero-order chi connectivity index (χ0) is 12.4. The molecule has 98 valence electrons. The van der Waals surface area contributed by atoms with Crippen LogP contribution in [0.3, 0.4) is 0 Å². The molecule has 0 saturated carbocycles. The van der Waals surface area contributed by atoms with E-state index in [-0.39, 0.29) is 12.2 Å². The van der Waals surface area contributed by atoms with Gasteiger partial charge in [-0.15, -0.1) is 0 Å². The molecular formula is C12H26O4. The Labute approximate surface area is 98.9 Å². The summed E-state index contributed by atoms with van der Waals surface area (Å²) >= 11 is 0. The summed E-state index contributed by atoms with van der Waals surface area (Å²) in [6.07, 6.45) is 0.695. The molecule has 16 heavy (non-hydrogen) atoms. The predicted octanol–water partition coefficient (Wildman–Crippen LogP) is 1.60. The van der Waals surface area contributed by atoms with E-state index in [0.29, 0.717) is 19.8 Å². The topological polar surface area (TPSA) is 47.9 Å². The molecule has 0 aromatic carbocycles.